The van der Waals surface area contributed by atoms with Gasteiger partial charge in [0.05, 0.1) is 11.4 Å². The van der Waals surface area contributed by atoms with Gasteiger partial charge < -0.3 is 10.1 Å². The maximum atomic E-state index is 5.69. The van der Waals surface area contributed by atoms with Gasteiger partial charge in [0.2, 0.25) is 0 Å². The molecule has 0 aliphatic rings. The quantitative estimate of drug-likeness (QED) is 0.862. The number of ether oxygens (including phenoxy) is 1. The van der Waals surface area contributed by atoms with Crippen LogP contribution in [-0.2, 0) is 13.2 Å². The largest absolute Gasteiger partial charge is 0.487 e. The van der Waals surface area contributed by atoms with Gasteiger partial charge in [0, 0.05) is 12.6 Å². The van der Waals surface area contributed by atoms with Crippen molar-refractivity contribution in [2.24, 2.45) is 0 Å². The van der Waals surface area contributed by atoms with Gasteiger partial charge in [-0.3, -0.25) is 4.98 Å². The van der Waals surface area contributed by atoms with Gasteiger partial charge in [0.15, 0.2) is 0 Å². The topological polar surface area (TPSA) is 34.1 Å². The molecule has 3 nitrogen and oxygen atoms in total. The summed E-state index contributed by atoms with van der Waals surface area (Å²) in [7, 11) is 0. The zero-order valence-corrected chi connectivity index (χ0v) is 11.5. The van der Waals surface area contributed by atoms with E-state index in [-0.39, 0.29) is 0 Å². The maximum absolute atomic E-state index is 5.69. The van der Waals surface area contributed by atoms with E-state index in [0.29, 0.717) is 12.6 Å². The average Bonchev–Trinajstić information content (AvgIpc) is 2.44. The van der Waals surface area contributed by atoms with Gasteiger partial charge in [-0.25, -0.2) is 0 Å². The fourth-order valence-electron chi connectivity index (χ4n) is 1.69. The van der Waals surface area contributed by atoms with Gasteiger partial charge in [-0.1, -0.05) is 38.1 Å². The Kier molecular flexibility index (Phi) is 4.93. The summed E-state index contributed by atoms with van der Waals surface area (Å²) in [5, 5.41) is 3.36. The predicted molar refractivity (Wildman–Crippen MR) is 77.0 cm³/mol. The first-order valence-electron chi connectivity index (χ1n) is 6.60. The molecule has 0 amide bonds. The highest BCUT2D eigenvalue weighted by molar-refractivity contribution is 5.21. The molecule has 1 heterocycles. The standard InChI is InChI=1S/C16H20N2O/c1-13(2)17-11-14-7-6-8-15(18-14)12-19-16-9-4-3-5-10-16/h3-10,13,17H,11-12H2,1-2H3. The molecule has 0 aliphatic heterocycles. The fraction of sp³-hybridized carbons (Fsp3) is 0.312. The van der Waals surface area contributed by atoms with Crippen molar-refractivity contribution in [1.29, 1.82) is 0 Å². The molecule has 0 saturated heterocycles. The molecule has 2 aromatic rings. The molecule has 1 aromatic heterocycles. The van der Waals surface area contributed by atoms with E-state index in [4.69, 9.17) is 4.74 Å². The predicted octanol–water partition coefficient (Wildman–Crippen LogP) is 3.16. The fourth-order valence-corrected chi connectivity index (χ4v) is 1.69. The second-order valence-electron chi connectivity index (χ2n) is 4.76. The Labute approximate surface area is 114 Å². The number of para-hydroxylation sites is 1. The van der Waals surface area contributed by atoms with E-state index in [1.165, 1.54) is 0 Å². The van der Waals surface area contributed by atoms with Crippen LogP contribution in [0.4, 0.5) is 0 Å². The summed E-state index contributed by atoms with van der Waals surface area (Å²) >= 11 is 0. The summed E-state index contributed by atoms with van der Waals surface area (Å²) in [4.78, 5) is 4.57. The monoisotopic (exact) mass is 256 g/mol. The summed E-state index contributed by atoms with van der Waals surface area (Å²) in [5.41, 5.74) is 2.00. The Morgan fingerprint density at radius 3 is 2.47 bits per heavy atom. The van der Waals surface area contributed by atoms with E-state index in [2.05, 4.69) is 24.1 Å². The molecule has 1 aromatic carbocycles. The summed E-state index contributed by atoms with van der Waals surface area (Å²) in [6.45, 7) is 5.54. The van der Waals surface area contributed by atoms with E-state index < -0.39 is 0 Å². The lowest BCUT2D eigenvalue weighted by atomic mass is 10.3. The van der Waals surface area contributed by atoms with Crippen molar-refractivity contribution in [2.45, 2.75) is 33.0 Å². The summed E-state index contributed by atoms with van der Waals surface area (Å²) in [6, 6.07) is 16.3. The number of rotatable bonds is 6. The van der Waals surface area contributed by atoms with Crippen LogP contribution in [0.5, 0.6) is 5.75 Å². The number of hydrogen-bond donors (Lipinski definition) is 1. The minimum absolute atomic E-state index is 0.464. The molecule has 0 atom stereocenters. The number of hydrogen-bond acceptors (Lipinski definition) is 3. The van der Waals surface area contributed by atoms with Crippen molar-refractivity contribution in [2.75, 3.05) is 0 Å². The molecule has 19 heavy (non-hydrogen) atoms. The molecule has 0 unspecified atom stereocenters. The molecular weight excluding hydrogens is 236 g/mol. The van der Waals surface area contributed by atoms with Crippen molar-refractivity contribution in [3.63, 3.8) is 0 Å². The van der Waals surface area contributed by atoms with Crippen LogP contribution in [0.25, 0.3) is 0 Å². The third-order valence-corrected chi connectivity index (χ3v) is 2.69. The first-order chi connectivity index (χ1) is 9.24. The average molecular weight is 256 g/mol. The van der Waals surface area contributed by atoms with Crippen molar-refractivity contribution < 1.29 is 4.74 Å². The highest BCUT2D eigenvalue weighted by Crippen LogP contribution is 2.11. The van der Waals surface area contributed by atoms with Crippen molar-refractivity contribution in [3.8, 4) is 5.75 Å². The highest BCUT2D eigenvalue weighted by atomic mass is 16.5. The molecular formula is C16H20N2O. The van der Waals surface area contributed by atoms with Crippen LogP contribution in [-0.4, -0.2) is 11.0 Å². The number of nitrogens with one attached hydrogen (secondary N) is 1. The molecule has 0 saturated carbocycles. The molecule has 2 rings (SSSR count). The Morgan fingerprint density at radius 1 is 1.00 bits per heavy atom. The van der Waals surface area contributed by atoms with Gasteiger partial charge in [-0.05, 0) is 24.3 Å². The number of benzene rings is 1. The second-order valence-corrected chi connectivity index (χ2v) is 4.76. The third kappa shape index (κ3) is 4.72. The van der Waals surface area contributed by atoms with Crippen LogP contribution in [0.3, 0.4) is 0 Å². The van der Waals surface area contributed by atoms with Gasteiger partial charge in [0.1, 0.15) is 12.4 Å². The molecule has 0 spiro atoms. The third-order valence-electron chi connectivity index (χ3n) is 2.69. The number of nitrogens with zero attached hydrogens (tertiary/aromatic N) is 1. The molecule has 0 radical (unpaired) electrons. The summed E-state index contributed by atoms with van der Waals surface area (Å²) in [5.74, 6) is 0.870. The van der Waals surface area contributed by atoms with Crippen molar-refractivity contribution >= 4 is 0 Å². The first-order valence-corrected chi connectivity index (χ1v) is 6.60. The SMILES string of the molecule is CC(C)NCc1cccc(COc2ccccc2)n1. The zero-order chi connectivity index (χ0) is 13.5. The van der Waals surface area contributed by atoms with Crippen LogP contribution < -0.4 is 10.1 Å². The smallest absolute Gasteiger partial charge is 0.130 e. The normalized spacial score (nSPS) is 10.7. The Morgan fingerprint density at radius 2 is 1.74 bits per heavy atom. The van der Waals surface area contributed by atoms with E-state index in [0.717, 1.165) is 23.7 Å². The lowest BCUT2D eigenvalue weighted by Crippen LogP contribution is -2.22. The van der Waals surface area contributed by atoms with E-state index in [9.17, 15) is 0 Å². The summed E-state index contributed by atoms with van der Waals surface area (Å²) in [6.07, 6.45) is 0. The minimum atomic E-state index is 0.464. The zero-order valence-electron chi connectivity index (χ0n) is 11.5. The van der Waals surface area contributed by atoms with E-state index in [1.54, 1.807) is 0 Å². The van der Waals surface area contributed by atoms with Gasteiger partial charge in [-0.15, -0.1) is 0 Å². The Bertz CT molecular complexity index is 497. The van der Waals surface area contributed by atoms with Crippen LogP contribution in [0, 0.1) is 0 Å². The lowest BCUT2D eigenvalue weighted by Gasteiger charge is -2.09. The van der Waals surface area contributed by atoms with Gasteiger partial charge in [0.25, 0.3) is 0 Å². The minimum Gasteiger partial charge on any atom is -0.487 e. The lowest BCUT2D eigenvalue weighted by molar-refractivity contribution is 0.301. The first kappa shape index (κ1) is 13.6. The van der Waals surface area contributed by atoms with Crippen LogP contribution in [0.1, 0.15) is 25.2 Å². The summed E-state index contributed by atoms with van der Waals surface area (Å²) < 4.78 is 5.69. The van der Waals surface area contributed by atoms with Gasteiger partial charge in [-0.2, -0.15) is 0 Å². The maximum Gasteiger partial charge on any atom is 0.130 e. The van der Waals surface area contributed by atoms with Crippen molar-refractivity contribution in [3.05, 3.63) is 59.9 Å². The van der Waals surface area contributed by atoms with E-state index in [1.807, 2.05) is 48.5 Å². The van der Waals surface area contributed by atoms with Crippen LogP contribution in [0.15, 0.2) is 48.5 Å². The molecule has 0 aliphatic carbocycles. The molecule has 0 bridgehead atoms. The Balaban J connectivity index is 1.91. The Hall–Kier alpha value is -1.87. The molecule has 3 heteroatoms. The number of aromatic nitrogens is 1. The van der Waals surface area contributed by atoms with E-state index >= 15 is 0 Å². The van der Waals surface area contributed by atoms with Crippen LogP contribution >= 0.6 is 0 Å². The highest BCUT2D eigenvalue weighted by Gasteiger charge is 2.00. The molecule has 1 N–H and O–H groups in total. The van der Waals surface area contributed by atoms with Crippen molar-refractivity contribution in [1.82, 2.24) is 10.3 Å². The van der Waals surface area contributed by atoms with Crippen LogP contribution in [0.2, 0.25) is 0 Å². The molecule has 100 valence electrons. The number of pyridine rings is 1. The second kappa shape index (κ2) is 6.90. The molecule has 0 fully saturated rings. The van der Waals surface area contributed by atoms with Gasteiger partial charge >= 0.3 is 0 Å².